The van der Waals surface area contributed by atoms with Crippen molar-refractivity contribution in [3.8, 4) is 11.1 Å². The highest BCUT2D eigenvalue weighted by atomic mass is 15.3. The van der Waals surface area contributed by atoms with E-state index in [-0.39, 0.29) is 0 Å². The van der Waals surface area contributed by atoms with E-state index < -0.39 is 0 Å². The fraction of sp³-hybridized carbons (Fsp3) is 0.118. The van der Waals surface area contributed by atoms with Gasteiger partial charge in [-0.15, -0.1) is 0 Å². The lowest BCUT2D eigenvalue weighted by molar-refractivity contribution is 0.747. The predicted molar refractivity (Wildman–Crippen MR) is 82.4 cm³/mol. The van der Waals surface area contributed by atoms with Gasteiger partial charge in [0.1, 0.15) is 0 Å². The second-order valence-electron chi connectivity index (χ2n) is 4.75. The molecule has 100 valence electrons. The first-order valence-corrected chi connectivity index (χ1v) is 6.70. The SMILES string of the molecule is Cn1ccc(CNc2ccccc2-c2ccccc2)n1. The number of aryl methyl sites for hydroxylation is 1. The Kier molecular flexibility index (Phi) is 3.50. The molecule has 0 amide bonds. The summed E-state index contributed by atoms with van der Waals surface area (Å²) in [6, 6.07) is 20.8. The van der Waals surface area contributed by atoms with Crippen molar-refractivity contribution in [2.45, 2.75) is 6.54 Å². The number of benzene rings is 2. The van der Waals surface area contributed by atoms with E-state index in [4.69, 9.17) is 0 Å². The normalized spacial score (nSPS) is 10.4. The Morgan fingerprint density at radius 2 is 1.70 bits per heavy atom. The molecule has 3 nitrogen and oxygen atoms in total. The molecule has 0 atom stereocenters. The van der Waals surface area contributed by atoms with Gasteiger partial charge >= 0.3 is 0 Å². The maximum atomic E-state index is 4.38. The summed E-state index contributed by atoms with van der Waals surface area (Å²) in [6.45, 7) is 0.727. The predicted octanol–water partition coefficient (Wildman–Crippen LogP) is 3.70. The van der Waals surface area contributed by atoms with Crippen LogP contribution in [0.2, 0.25) is 0 Å². The Balaban J connectivity index is 1.83. The van der Waals surface area contributed by atoms with Gasteiger partial charge in [-0.2, -0.15) is 5.10 Å². The highest BCUT2D eigenvalue weighted by molar-refractivity contribution is 5.77. The smallest absolute Gasteiger partial charge is 0.0815 e. The average molecular weight is 263 g/mol. The number of hydrogen-bond acceptors (Lipinski definition) is 2. The Morgan fingerprint density at radius 1 is 0.950 bits per heavy atom. The van der Waals surface area contributed by atoms with E-state index in [1.54, 1.807) is 0 Å². The Labute approximate surface area is 118 Å². The molecule has 0 aliphatic carbocycles. The first-order valence-electron chi connectivity index (χ1n) is 6.70. The molecule has 1 N–H and O–H groups in total. The minimum Gasteiger partial charge on any atom is -0.379 e. The average Bonchev–Trinajstić information content (AvgIpc) is 2.92. The second kappa shape index (κ2) is 5.61. The van der Waals surface area contributed by atoms with Crippen molar-refractivity contribution >= 4 is 5.69 Å². The van der Waals surface area contributed by atoms with E-state index in [0.717, 1.165) is 17.9 Å². The van der Waals surface area contributed by atoms with Crippen molar-refractivity contribution in [1.29, 1.82) is 0 Å². The van der Waals surface area contributed by atoms with Gasteiger partial charge in [0.25, 0.3) is 0 Å². The summed E-state index contributed by atoms with van der Waals surface area (Å²) in [7, 11) is 1.93. The standard InChI is InChI=1S/C17H17N3/c1-20-12-11-15(19-20)13-18-17-10-6-5-9-16(17)14-7-3-2-4-8-14/h2-12,18H,13H2,1H3. The third-order valence-electron chi connectivity index (χ3n) is 3.24. The maximum Gasteiger partial charge on any atom is 0.0815 e. The first-order chi connectivity index (χ1) is 9.83. The van der Waals surface area contributed by atoms with Gasteiger partial charge < -0.3 is 5.32 Å². The lowest BCUT2D eigenvalue weighted by Crippen LogP contribution is -2.02. The number of para-hydroxylation sites is 1. The van der Waals surface area contributed by atoms with Crippen LogP contribution >= 0.6 is 0 Å². The molecule has 0 fully saturated rings. The topological polar surface area (TPSA) is 29.9 Å². The summed E-state index contributed by atoms with van der Waals surface area (Å²) in [5.74, 6) is 0. The zero-order valence-electron chi connectivity index (χ0n) is 11.5. The number of nitrogens with zero attached hydrogens (tertiary/aromatic N) is 2. The fourth-order valence-corrected chi connectivity index (χ4v) is 2.25. The molecular formula is C17H17N3. The zero-order chi connectivity index (χ0) is 13.8. The minimum atomic E-state index is 0.727. The molecule has 0 aliphatic heterocycles. The highest BCUT2D eigenvalue weighted by Crippen LogP contribution is 2.27. The molecule has 1 aromatic heterocycles. The van der Waals surface area contributed by atoms with Crippen LogP contribution in [0.25, 0.3) is 11.1 Å². The molecule has 3 heteroatoms. The van der Waals surface area contributed by atoms with E-state index in [0.29, 0.717) is 0 Å². The van der Waals surface area contributed by atoms with E-state index in [1.165, 1.54) is 11.1 Å². The van der Waals surface area contributed by atoms with Gasteiger partial charge in [-0.25, -0.2) is 0 Å². The molecule has 0 unspecified atom stereocenters. The van der Waals surface area contributed by atoms with Crippen molar-refractivity contribution in [2.24, 2.45) is 7.05 Å². The third kappa shape index (κ3) is 2.72. The molecule has 0 saturated carbocycles. The van der Waals surface area contributed by atoms with Crippen LogP contribution in [0.4, 0.5) is 5.69 Å². The molecular weight excluding hydrogens is 246 g/mol. The molecule has 2 aromatic carbocycles. The van der Waals surface area contributed by atoms with Crippen molar-refractivity contribution in [3.63, 3.8) is 0 Å². The van der Waals surface area contributed by atoms with Crippen LogP contribution in [0.5, 0.6) is 0 Å². The van der Waals surface area contributed by atoms with Crippen LogP contribution in [0.3, 0.4) is 0 Å². The molecule has 0 bridgehead atoms. The van der Waals surface area contributed by atoms with Crippen LogP contribution in [0, 0.1) is 0 Å². The summed E-state index contributed by atoms with van der Waals surface area (Å²) < 4.78 is 1.82. The number of hydrogen-bond donors (Lipinski definition) is 1. The molecule has 0 spiro atoms. The lowest BCUT2D eigenvalue weighted by atomic mass is 10.0. The summed E-state index contributed by atoms with van der Waals surface area (Å²) in [5, 5.41) is 7.85. The van der Waals surface area contributed by atoms with E-state index in [9.17, 15) is 0 Å². The molecule has 1 heterocycles. The summed E-state index contributed by atoms with van der Waals surface area (Å²) >= 11 is 0. The van der Waals surface area contributed by atoms with Gasteiger partial charge in [0.05, 0.1) is 12.2 Å². The molecule has 20 heavy (non-hydrogen) atoms. The minimum absolute atomic E-state index is 0.727. The van der Waals surface area contributed by atoms with Gasteiger partial charge in [0.15, 0.2) is 0 Å². The van der Waals surface area contributed by atoms with Gasteiger partial charge in [-0.3, -0.25) is 4.68 Å². The second-order valence-corrected chi connectivity index (χ2v) is 4.75. The molecule has 0 radical (unpaired) electrons. The first kappa shape index (κ1) is 12.5. The van der Waals surface area contributed by atoms with Crippen LogP contribution in [-0.4, -0.2) is 9.78 Å². The Bertz CT molecular complexity index is 686. The largest absolute Gasteiger partial charge is 0.379 e. The van der Waals surface area contributed by atoms with Gasteiger partial charge in [-0.05, 0) is 17.7 Å². The summed E-state index contributed by atoms with van der Waals surface area (Å²) in [5.41, 5.74) is 4.60. The van der Waals surface area contributed by atoms with Crippen LogP contribution in [0.1, 0.15) is 5.69 Å². The maximum absolute atomic E-state index is 4.38. The fourth-order valence-electron chi connectivity index (χ4n) is 2.25. The van der Waals surface area contributed by atoms with Gasteiger partial charge in [0.2, 0.25) is 0 Å². The monoisotopic (exact) mass is 263 g/mol. The number of aromatic nitrogens is 2. The van der Waals surface area contributed by atoms with E-state index >= 15 is 0 Å². The van der Waals surface area contributed by atoms with Crippen LogP contribution < -0.4 is 5.32 Å². The van der Waals surface area contributed by atoms with Crippen molar-refractivity contribution in [1.82, 2.24) is 9.78 Å². The molecule has 3 rings (SSSR count). The van der Waals surface area contributed by atoms with Crippen LogP contribution in [0.15, 0.2) is 66.9 Å². The van der Waals surface area contributed by atoms with Gasteiger partial charge in [0, 0.05) is 24.5 Å². The lowest BCUT2D eigenvalue weighted by Gasteiger charge is -2.11. The molecule has 0 saturated heterocycles. The molecule has 3 aromatic rings. The van der Waals surface area contributed by atoms with Gasteiger partial charge in [-0.1, -0.05) is 48.5 Å². The highest BCUT2D eigenvalue weighted by Gasteiger charge is 2.04. The van der Waals surface area contributed by atoms with Crippen molar-refractivity contribution < 1.29 is 0 Å². The zero-order valence-corrected chi connectivity index (χ0v) is 11.5. The van der Waals surface area contributed by atoms with Crippen molar-refractivity contribution in [3.05, 3.63) is 72.6 Å². The Hall–Kier alpha value is -2.55. The number of anilines is 1. The summed E-state index contributed by atoms with van der Waals surface area (Å²) in [4.78, 5) is 0. The summed E-state index contributed by atoms with van der Waals surface area (Å²) in [6.07, 6.45) is 1.96. The molecule has 0 aliphatic rings. The third-order valence-corrected chi connectivity index (χ3v) is 3.24. The van der Waals surface area contributed by atoms with Crippen molar-refractivity contribution in [2.75, 3.05) is 5.32 Å². The van der Waals surface area contributed by atoms with Crippen LogP contribution in [-0.2, 0) is 13.6 Å². The number of nitrogens with one attached hydrogen (secondary N) is 1. The van der Waals surface area contributed by atoms with E-state index in [2.05, 4.69) is 52.9 Å². The van der Waals surface area contributed by atoms with E-state index in [1.807, 2.05) is 36.1 Å². The Morgan fingerprint density at radius 3 is 2.45 bits per heavy atom. The quantitative estimate of drug-likeness (QED) is 0.778. The number of rotatable bonds is 4.